The van der Waals surface area contributed by atoms with Crippen LogP contribution in [0.15, 0.2) is 0 Å². The molecule has 0 heterocycles. The summed E-state index contributed by atoms with van der Waals surface area (Å²) in [5.41, 5.74) is -0.630. The van der Waals surface area contributed by atoms with E-state index in [2.05, 4.69) is 0 Å². The van der Waals surface area contributed by atoms with Crippen LogP contribution in [0.2, 0.25) is 0 Å². The lowest BCUT2D eigenvalue weighted by Crippen LogP contribution is -2.37. The highest BCUT2D eigenvalue weighted by Crippen LogP contribution is 2.15. The van der Waals surface area contributed by atoms with E-state index in [4.69, 9.17) is 21.4 Å². The fourth-order valence-electron chi connectivity index (χ4n) is 0.984. The fourth-order valence-corrected chi connectivity index (χ4v) is 1.13. The molecule has 3 atom stereocenters. The molecule has 0 saturated carbocycles. The molecule has 0 aromatic rings. The number of hydrogen-bond acceptors (Lipinski definition) is 4. The minimum atomic E-state index is -1.14. The molecule has 4 nitrogen and oxygen atoms in total. The molecule has 0 aliphatic carbocycles. The Kier molecular flexibility index (Phi) is 5.56. The van der Waals surface area contributed by atoms with E-state index in [1.165, 1.54) is 6.92 Å². The zero-order chi connectivity index (χ0) is 12.2. The molecule has 0 aromatic carbocycles. The number of esters is 1. The lowest BCUT2D eigenvalue weighted by Gasteiger charge is -2.23. The van der Waals surface area contributed by atoms with Gasteiger partial charge in [0.25, 0.3) is 0 Å². The van der Waals surface area contributed by atoms with Crippen LogP contribution in [0.3, 0.4) is 0 Å². The van der Waals surface area contributed by atoms with Crippen molar-refractivity contribution in [3.8, 4) is 0 Å². The normalized spacial score (nSPS) is 18.1. The quantitative estimate of drug-likeness (QED) is 0.568. The van der Waals surface area contributed by atoms with Gasteiger partial charge in [-0.25, -0.2) is 0 Å². The molecule has 0 aliphatic rings. The Morgan fingerprint density at radius 3 is 2.20 bits per heavy atom. The highest BCUT2D eigenvalue weighted by molar-refractivity contribution is 6.30. The molecular weight excluding hydrogens is 220 g/mol. The third-order valence-electron chi connectivity index (χ3n) is 1.55. The maximum Gasteiger partial charge on any atom is 0.327 e. The molecule has 0 aliphatic heterocycles. The number of halogens is 1. The summed E-state index contributed by atoms with van der Waals surface area (Å²) >= 11 is 5.70. The molecular formula is C10H19ClO4. The Labute approximate surface area is 95.2 Å². The van der Waals surface area contributed by atoms with Gasteiger partial charge < -0.3 is 14.9 Å². The van der Waals surface area contributed by atoms with E-state index in [1.807, 2.05) is 0 Å². The van der Waals surface area contributed by atoms with Crippen LogP contribution in [0.5, 0.6) is 0 Å². The van der Waals surface area contributed by atoms with Crippen LogP contribution in [0.25, 0.3) is 0 Å². The molecule has 0 aromatic heterocycles. The van der Waals surface area contributed by atoms with Crippen molar-refractivity contribution in [1.82, 2.24) is 0 Å². The van der Waals surface area contributed by atoms with Gasteiger partial charge in [-0.1, -0.05) is 0 Å². The summed E-state index contributed by atoms with van der Waals surface area (Å²) < 4.78 is 4.99. The van der Waals surface area contributed by atoms with Crippen LogP contribution in [0.1, 0.15) is 34.1 Å². The Balaban J connectivity index is 4.20. The molecule has 0 radical (unpaired) electrons. The minimum Gasteiger partial charge on any atom is -0.459 e. The van der Waals surface area contributed by atoms with Crippen molar-refractivity contribution in [2.75, 3.05) is 0 Å². The molecule has 2 N–H and O–H groups in total. The van der Waals surface area contributed by atoms with Crippen LogP contribution in [0.4, 0.5) is 0 Å². The van der Waals surface area contributed by atoms with E-state index in [0.29, 0.717) is 0 Å². The zero-order valence-electron chi connectivity index (χ0n) is 9.53. The average Bonchev–Trinajstić information content (AvgIpc) is 1.98. The fraction of sp³-hybridized carbons (Fsp3) is 0.900. The van der Waals surface area contributed by atoms with E-state index in [-0.39, 0.29) is 6.42 Å². The molecule has 90 valence electrons. The average molecular weight is 239 g/mol. The van der Waals surface area contributed by atoms with Crippen LogP contribution in [-0.2, 0) is 9.53 Å². The van der Waals surface area contributed by atoms with Gasteiger partial charge >= 0.3 is 5.97 Å². The van der Waals surface area contributed by atoms with E-state index in [0.717, 1.165) is 0 Å². The van der Waals surface area contributed by atoms with Crippen LogP contribution >= 0.6 is 11.6 Å². The predicted octanol–water partition coefficient (Wildman–Crippen LogP) is 1.07. The molecule has 15 heavy (non-hydrogen) atoms. The van der Waals surface area contributed by atoms with Gasteiger partial charge in [-0.3, -0.25) is 4.79 Å². The molecule has 0 bridgehead atoms. The predicted molar refractivity (Wildman–Crippen MR) is 57.8 cm³/mol. The summed E-state index contributed by atoms with van der Waals surface area (Å²) in [5.74, 6) is -0.669. The number of alkyl halides is 1. The molecule has 5 heteroatoms. The zero-order valence-corrected chi connectivity index (χ0v) is 10.3. The van der Waals surface area contributed by atoms with Crippen LogP contribution in [-0.4, -0.2) is 39.4 Å². The number of aliphatic hydroxyl groups excluding tert-OH is 2. The van der Waals surface area contributed by atoms with Crippen molar-refractivity contribution in [3.05, 3.63) is 0 Å². The number of rotatable bonds is 4. The van der Waals surface area contributed by atoms with Gasteiger partial charge in [0.05, 0.1) is 12.2 Å². The first-order valence-corrected chi connectivity index (χ1v) is 5.30. The largest absolute Gasteiger partial charge is 0.459 e. The van der Waals surface area contributed by atoms with Gasteiger partial charge in [0, 0.05) is 6.42 Å². The van der Waals surface area contributed by atoms with Crippen LogP contribution < -0.4 is 0 Å². The monoisotopic (exact) mass is 238 g/mol. The van der Waals surface area contributed by atoms with Crippen molar-refractivity contribution < 1.29 is 19.7 Å². The van der Waals surface area contributed by atoms with E-state index < -0.39 is 29.2 Å². The topological polar surface area (TPSA) is 66.8 Å². The van der Waals surface area contributed by atoms with Gasteiger partial charge in [0.15, 0.2) is 5.38 Å². The molecule has 0 amide bonds. The van der Waals surface area contributed by atoms with Gasteiger partial charge in [-0.05, 0) is 27.7 Å². The third-order valence-corrected chi connectivity index (χ3v) is 2.02. The Morgan fingerprint density at radius 2 is 1.87 bits per heavy atom. The van der Waals surface area contributed by atoms with Crippen molar-refractivity contribution in [3.63, 3.8) is 0 Å². The first-order valence-electron chi connectivity index (χ1n) is 4.86. The minimum absolute atomic E-state index is 0.0490. The molecule has 3 unspecified atom stereocenters. The summed E-state index contributed by atoms with van der Waals surface area (Å²) in [7, 11) is 0. The summed E-state index contributed by atoms with van der Waals surface area (Å²) in [5, 5.41) is 17.3. The maximum atomic E-state index is 11.4. The second-order valence-electron chi connectivity index (χ2n) is 4.59. The summed E-state index contributed by atoms with van der Waals surface area (Å²) in [6.45, 7) is 6.67. The SMILES string of the molecule is CC(O)CC(O)C(Cl)C(=O)OC(C)(C)C. The first-order chi connectivity index (χ1) is 6.63. The smallest absolute Gasteiger partial charge is 0.327 e. The molecule has 0 rings (SSSR count). The summed E-state index contributed by atoms with van der Waals surface area (Å²) in [4.78, 5) is 11.4. The summed E-state index contributed by atoms with van der Waals surface area (Å²) in [6.07, 6.45) is -1.75. The van der Waals surface area contributed by atoms with E-state index in [9.17, 15) is 9.90 Å². The highest BCUT2D eigenvalue weighted by atomic mass is 35.5. The van der Waals surface area contributed by atoms with E-state index in [1.54, 1.807) is 20.8 Å². The van der Waals surface area contributed by atoms with Crippen molar-refractivity contribution in [2.45, 2.75) is 57.3 Å². The molecule has 0 saturated heterocycles. The number of ether oxygens (including phenoxy) is 1. The van der Waals surface area contributed by atoms with Crippen molar-refractivity contribution >= 4 is 17.6 Å². The van der Waals surface area contributed by atoms with Gasteiger partial charge in [-0.15, -0.1) is 11.6 Å². The number of hydrogen-bond donors (Lipinski definition) is 2. The van der Waals surface area contributed by atoms with Crippen LogP contribution in [0, 0.1) is 0 Å². The number of aliphatic hydroxyl groups is 2. The number of carbonyl (C=O) groups is 1. The second kappa shape index (κ2) is 5.68. The summed E-state index contributed by atoms with van der Waals surface area (Å²) in [6, 6.07) is 0. The lowest BCUT2D eigenvalue weighted by molar-refractivity contribution is -0.156. The Bertz CT molecular complexity index is 210. The number of carbonyl (C=O) groups excluding carboxylic acids is 1. The Morgan fingerprint density at radius 1 is 1.40 bits per heavy atom. The van der Waals surface area contributed by atoms with Gasteiger partial charge in [0.2, 0.25) is 0 Å². The van der Waals surface area contributed by atoms with Crippen molar-refractivity contribution in [1.29, 1.82) is 0 Å². The molecule has 0 spiro atoms. The standard InChI is InChI=1S/C10H19ClO4/c1-6(12)5-7(13)8(11)9(14)15-10(2,3)4/h6-8,12-13H,5H2,1-4H3. The van der Waals surface area contributed by atoms with E-state index >= 15 is 0 Å². The highest BCUT2D eigenvalue weighted by Gasteiger charge is 2.29. The third kappa shape index (κ3) is 6.71. The second-order valence-corrected chi connectivity index (χ2v) is 5.06. The lowest BCUT2D eigenvalue weighted by atomic mass is 10.1. The van der Waals surface area contributed by atoms with Gasteiger partial charge in [0.1, 0.15) is 5.60 Å². The van der Waals surface area contributed by atoms with Gasteiger partial charge in [-0.2, -0.15) is 0 Å². The Hall–Kier alpha value is -0.320. The molecule has 0 fully saturated rings. The maximum absolute atomic E-state index is 11.4. The first kappa shape index (κ1) is 14.7. The van der Waals surface area contributed by atoms with Crippen molar-refractivity contribution in [2.24, 2.45) is 0 Å².